The molecule has 0 heterocycles. The SMILES string of the molecule is CCCCc1cc([CH]O)cc(C(C)C)c1. The van der Waals surface area contributed by atoms with Crippen molar-refractivity contribution in [3.63, 3.8) is 0 Å². The summed E-state index contributed by atoms with van der Waals surface area (Å²) in [5, 5.41) is 9.07. The first-order chi connectivity index (χ1) is 7.17. The Balaban J connectivity index is 2.90. The lowest BCUT2D eigenvalue weighted by Gasteiger charge is -2.10. The fraction of sp³-hybridized carbons (Fsp3) is 0.500. The van der Waals surface area contributed by atoms with Gasteiger partial charge in [-0.15, -0.1) is 0 Å². The molecule has 0 aromatic heterocycles. The zero-order chi connectivity index (χ0) is 11.3. The predicted molar refractivity (Wildman–Crippen MR) is 64.5 cm³/mol. The van der Waals surface area contributed by atoms with Gasteiger partial charge in [0.1, 0.15) is 6.61 Å². The standard InChI is InChI=1S/C14H21O/c1-4-5-6-12-7-13(10-15)9-14(8-12)11(2)3/h7-11,15H,4-6H2,1-3H3. The van der Waals surface area contributed by atoms with E-state index >= 15 is 0 Å². The number of aliphatic hydroxyl groups is 1. The van der Waals surface area contributed by atoms with Gasteiger partial charge in [-0.05, 0) is 35.4 Å². The Hall–Kier alpha value is -0.820. The van der Waals surface area contributed by atoms with Gasteiger partial charge in [-0.25, -0.2) is 0 Å². The maximum atomic E-state index is 9.07. The van der Waals surface area contributed by atoms with E-state index in [-0.39, 0.29) is 0 Å². The van der Waals surface area contributed by atoms with Crippen LogP contribution in [0.2, 0.25) is 0 Å². The van der Waals surface area contributed by atoms with Crippen molar-refractivity contribution in [1.82, 2.24) is 0 Å². The lowest BCUT2D eigenvalue weighted by molar-refractivity contribution is 0.414. The molecule has 1 aromatic carbocycles. The summed E-state index contributed by atoms with van der Waals surface area (Å²) in [4.78, 5) is 0. The van der Waals surface area contributed by atoms with Gasteiger partial charge in [0.15, 0.2) is 0 Å². The second-order valence-corrected chi connectivity index (χ2v) is 4.40. The lowest BCUT2D eigenvalue weighted by Crippen LogP contribution is -1.95. The Morgan fingerprint density at radius 3 is 2.53 bits per heavy atom. The van der Waals surface area contributed by atoms with Crippen molar-refractivity contribution in [3.05, 3.63) is 41.5 Å². The molecule has 0 aliphatic rings. The largest absolute Gasteiger partial charge is 0.385 e. The van der Waals surface area contributed by atoms with Crippen molar-refractivity contribution in [2.75, 3.05) is 0 Å². The molecule has 83 valence electrons. The molecule has 0 fully saturated rings. The van der Waals surface area contributed by atoms with Crippen molar-refractivity contribution >= 4 is 0 Å². The van der Waals surface area contributed by atoms with Crippen LogP contribution in [0, 0.1) is 6.61 Å². The van der Waals surface area contributed by atoms with Gasteiger partial charge in [0.25, 0.3) is 0 Å². The van der Waals surface area contributed by atoms with Crippen molar-refractivity contribution in [3.8, 4) is 0 Å². The second-order valence-electron chi connectivity index (χ2n) is 4.40. The third kappa shape index (κ3) is 3.67. The Kier molecular flexibility index (Phi) is 4.83. The highest BCUT2D eigenvalue weighted by Gasteiger charge is 2.04. The Labute approximate surface area is 93.1 Å². The highest BCUT2D eigenvalue weighted by molar-refractivity contribution is 5.34. The number of hydrogen-bond donors (Lipinski definition) is 1. The van der Waals surface area contributed by atoms with Gasteiger partial charge in [-0.1, -0.05) is 45.4 Å². The minimum Gasteiger partial charge on any atom is -0.385 e. The van der Waals surface area contributed by atoms with Crippen LogP contribution in [0.1, 0.15) is 56.2 Å². The minimum atomic E-state index is 0.519. The Morgan fingerprint density at radius 2 is 2.00 bits per heavy atom. The van der Waals surface area contributed by atoms with Crippen LogP contribution in [-0.2, 0) is 6.42 Å². The van der Waals surface area contributed by atoms with Gasteiger partial charge in [0.2, 0.25) is 0 Å². The van der Waals surface area contributed by atoms with Crippen LogP contribution in [0.3, 0.4) is 0 Å². The second kappa shape index (κ2) is 5.92. The maximum absolute atomic E-state index is 9.07. The van der Waals surface area contributed by atoms with E-state index in [1.54, 1.807) is 0 Å². The van der Waals surface area contributed by atoms with E-state index in [0.29, 0.717) is 5.92 Å². The molecule has 0 aliphatic heterocycles. The zero-order valence-electron chi connectivity index (χ0n) is 9.96. The quantitative estimate of drug-likeness (QED) is 0.769. The highest BCUT2D eigenvalue weighted by Crippen LogP contribution is 2.20. The summed E-state index contributed by atoms with van der Waals surface area (Å²) >= 11 is 0. The molecule has 1 aromatic rings. The molecule has 1 heteroatoms. The summed E-state index contributed by atoms with van der Waals surface area (Å²) in [6.07, 6.45) is 3.54. The van der Waals surface area contributed by atoms with Crippen LogP contribution >= 0.6 is 0 Å². The van der Waals surface area contributed by atoms with Crippen LogP contribution in [0.4, 0.5) is 0 Å². The molecule has 0 bridgehead atoms. The topological polar surface area (TPSA) is 20.2 Å². The first-order valence-electron chi connectivity index (χ1n) is 5.78. The molecule has 1 N–H and O–H groups in total. The lowest BCUT2D eigenvalue weighted by atomic mass is 9.96. The smallest absolute Gasteiger partial charge is 0.109 e. The molecule has 1 radical (unpaired) electrons. The minimum absolute atomic E-state index is 0.519. The summed E-state index contributed by atoms with van der Waals surface area (Å²) in [7, 11) is 0. The summed E-state index contributed by atoms with van der Waals surface area (Å²) in [6, 6.07) is 6.38. The number of hydrogen-bond acceptors (Lipinski definition) is 1. The first-order valence-corrected chi connectivity index (χ1v) is 5.78. The van der Waals surface area contributed by atoms with Gasteiger partial charge in [0, 0.05) is 0 Å². The molecule has 0 aliphatic carbocycles. The zero-order valence-corrected chi connectivity index (χ0v) is 9.96. The van der Waals surface area contributed by atoms with E-state index in [0.717, 1.165) is 12.0 Å². The van der Waals surface area contributed by atoms with Crippen LogP contribution in [0.25, 0.3) is 0 Å². The van der Waals surface area contributed by atoms with Crippen LogP contribution in [-0.4, -0.2) is 5.11 Å². The molecule has 0 saturated carbocycles. The number of benzene rings is 1. The third-order valence-corrected chi connectivity index (χ3v) is 2.67. The van der Waals surface area contributed by atoms with Crippen molar-refractivity contribution < 1.29 is 5.11 Å². The van der Waals surface area contributed by atoms with Gasteiger partial charge in [-0.2, -0.15) is 0 Å². The van der Waals surface area contributed by atoms with E-state index in [1.807, 2.05) is 0 Å². The molecule has 15 heavy (non-hydrogen) atoms. The highest BCUT2D eigenvalue weighted by atomic mass is 16.3. The number of aryl methyl sites for hydroxylation is 1. The van der Waals surface area contributed by atoms with Crippen LogP contribution < -0.4 is 0 Å². The van der Waals surface area contributed by atoms with E-state index in [4.69, 9.17) is 5.11 Å². The average Bonchev–Trinajstić information content (AvgIpc) is 2.25. The molecule has 0 amide bonds. The van der Waals surface area contributed by atoms with E-state index in [1.165, 1.54) is 30.6 Å². The molecule has 0 spiro atoms. The normalized spacial score (nSPS) is 11.0. The maximum Gasteiger partial charge on any atom is 0.109 e. The summed E-state index contributed by atoms with van der Waals surface area (Å²) < 4.78 is 0. The van der Waals surface area contributed by atoms with Crippen LogP contribution in [0.5, 0.6) is 0 Å². The van der Waals surface area contributed by atoms with Crippen molar-refractivity contribution in [2.24, 2.45) is 0 Å². The predicted octanol–water partition coefficient (Wildman–Crippen LogP) is 4.03. The van der Waals surface area contributed by atoms with Gasteiger partial charge in [-0.3, -0.25) is 0 Å². The van der Waals surface area contributed by atoms with E-state index < -0.39 is 0 Å². The summed E-state index contributed by atoms with van der Waals surface area (Å²) in [6.45, 7) is 7.76. The molecule has 0 atom stereocenters. The summed E-state index contributed by atoms with van der Waals surface area (Å²) in [5.74, 6) is 0.519. The Bertz CT molecular complexity index is 302. The number of aliphatic hydroxyl groups excluding tert-OH is 1. The van der Waals surface area contributed by atoms with E-state index in [2.05, 4.69) is 39.0 Å². The molecular formula is C14H21O. The summed E-state index contributed by atoms with van der Waals surface area (Å²) in [5.41, 5.74) is 3.57. The fourth-order valence-corrected chi connectivity index (χ4v) is 1.68. The van der Waals surface area contributed by atoms with E-state index in [9.17, 15) is 0 Å². The molecule has 0 saturated heterocycles. The van der Waals surface area contributed by atoms with Crippen molar-refractivity contribution in [2.45, 2.75) is 46.0 Å². The van der Waals surface area contributed by atoms with Crippen molar-refractivity contribution in [1.29, 1.82) is 0 Å². The van der Waals surface area contributed by atoms with Gasteiger partial charge < -0.3 is 5.11 Å². The van der Waals surface area contributed by atoms with Gasteiger partial charge in [0.05, 0.1) is 0 Å². The molecule has 1 rings (SSSR count). The first kappa shape index (κ1) is 12.3. The number of rotatable bonds is 5. The molecule has 1 nitrogen and oxygen atoms in total. The molecular weight excluding hydrogens is 184 g/mol. The van der Waals surface area contributed by atoms with Gasteiger partial charge >= 0.3 is 0 Å². The van der Waals surface area contributed by atoms with Crippen LogP contribution in [0.15, 0.2) is 18.2 Å². The molecule has 0 unspecified atom stereocenters. The monoisotopic (exact) mass is 205 g/mol. The average molecular weight is 205 g/mol. The Morgan fingerprint density at radius 1 is 1.27 bits per heavy atom. The fourth-order valence-electron chi connectivity index (χ4n) is 1.68. The number of unbranched alkanes of at least 4 members (excludes halogenated alkanes) is 1. The third-order valence-electron chi connectivity index (χ3n) is 2.67.